The molecule has 0 radical (unpaired) electrons. The van der Waals surface area contributed by atoms with E-state index in [9.17, 15) is 0 Å². The summed E-state index contributed by atoms with van der Waals surface area (Å²) in [6.45, 7) is 0.818. The predicted molar refractivity (Wildman–Crippen MR) is 71.2 cm³/mol. The van der Waals surface area contributed by atoms with Crippen LogP contribution in [0.15, 0.2) is 22.7 Å². The zero-order valence-electron chi connectivity index (χ0n) is 9.22. The Balaban J connectivity index is 1.91. The average molecular weight is 304 g/mol. The van der Waals surface area contributed by atoms with Gasteiger partial charge in [0, 0.05) is 0 Å². The third-order valence-electron chi connectivity index (χ3n) is 3.12. The summed E-state index contributed by atoms with van der Waals surface area (Å²) >= 11 is 9.46. The summed E-state index contributed by atoms with van der Waals surface area (Å²) in [6.07, 6.45) is 6.70. The van der Waals surface area contributed by atoms with Crippen molar-refractivity contribution in [2.75, 3.05) is 6.61 Å². The van der Waals surface area contributed by atoms with Crippen LogP contribution in [0.4, 0.5) is 0 Å². The second-order valence-corrected chi connectivity index (χ2v) is 5.57. The highest BCUT2D eigenvalue weighted by molar-refractivity contribution is 9.10. The molecule has 0 amide bonds. The van der Waals surface area contributed by atoms with Crippen molar-refractivity contribution in [3.63, 3.8) is 0 Å². The largest absolute Gasteiger partial charge is 0.492 e. The van der Waals surface area contributed by atoms with Crippen molar-refractivity contribution >= 4 is 27.5 Å². The smallest absolute Gasteiger partial charge is 0.134 e. The Morgan fingerprint density at radius 2 is 2.00 bits per heavy atom. The predicted octanol–water partition coefficient (Wildman–Crippen LogP) is 5.06. The number of halogens is 2. The van der Waals surface area contributed by atoms with Gasteiger partial charge in [0.25, 0.3) is 0 Å². The van der Waals surface area contributed by atoms with E-state index in [0.717, 1.165) is 22.7 Å². The van der Waals surface area contributed by atoms with Crippen LogP contribution in [0, 0.1) is 5.92 Å². The summed E-state index contributed by atoms with van der Waals surface area (Å²) in [5.41, 5.74) is 0. The van der Waals surface area contributed by atoms with E-state index in [1.807, 2.05) is 18.2 Å². The van der Waals surface area contributed by atoms with Crippen LogP contribution in [0.3, 0.4) is 0 Å². The molecular formula is C13H16BrClO. The summed E-state index contributed by atoms with van der Waals surface area (Å²) < 4.78 is 6.69. The van der Waals surface area contributed by atoms with Crippen LogP contribution >= 0.6 is 27.5 Å². The van der Waals surface area contributed by atoms with E-state index in [1.54, 1.807) is 0 Å². The van der Waals surface area contributed by atoms with Gasteiger partial charge in [-0.3, -0.25) is 0 Å². The van der Waals surface area contributed by atoms with Crippen molar-refractivity contribution < 1.29 is 4.74 Å². The Morgan fingerprint density at radius 1 is 1.25 bits per heavy atom. The minimum absolute atomic E-state index is 0.709. The van der Waals surface area contributed by atoms with Gasteiger partial charge in [-0.1, -0.05) is 36.9 Å². The Labute approximate surface area is 110 Å². The average Bonchev–Trinajstić information content (AvgIpc) is 2.32. The molecule has 0 heterocycles. The molecule has 3 heteroatoms. The van der Waals surface area contributed by atoms with Crippen molar-refractivity contribution in [2.45, 2.75) is 32.1 Å². The summed E-state index contributed by atoms with van der Waals surface area (Å²) in [6, 6.07) is 5.74. The molecule has 0 aromatic heterocycles. The third kappa shape index (κ3) is 3.14. The SMILES string of the molecule is Clc1cccc(OCC2CCCCC2)c1Br. The molecular weight excluding hydrogens is 287 g/mol. The lowest BCUT2D eigenvalue weighted by molar-refractivity contribution is 0.208. The van der Waals surface area contributed by atoms with Crippen LogP contribution in [0.1, 0.15) is 32.1 Å². The minimum atomic E-state index is 0.709. The molecule has 2 rings (SSSR count). The molecule has 1 aromatic carbocycles. The van der Waals surface area contributed by atoms with Crippen LogP contribution in [0.5, 0.6) is 5.75 Å². The number of rotatable bonds is 3. The van der Waals surface area contributed by atoms with Gasteiger partial charge in [0.2, 0.25) is 0 Å². The maximum atomic E-state index is 6.01. The molecule has 1 aliphatic rings. The summed E-state index contributed by atoms with van der Waals surface area (Å²) in [5, 5.41) is 0.709. The molecule has 0 spiro atoms. The summed E-state index contributed by atoms with van der Waals surface area (Å²) in [7, 11) is 0. The van der Waals surface area contributed by atoms with Gasteiger partial charge in [0.1, 0.15) is 5.75 Å². The van der Waals surface area contributed by atoms with E-state index in [-0.39, 0.29) is 0 Å². The maximum Gasteiger partial charge on any atom is 0.134 e. The number of benzene rings is 1. The van der Waals surface area contributed by atoms with Crippen LogP contribution in [-0.4, -0.2) is 6.61 Å². The van der Waals surface area contributed by atoms with Crippen LogP contribution in [0.25, 0.3) is 0 Å². The van der Waals surface area contributed by atoms with Crippen LogP contribution in [0.2, 0.25) is 5.02 Å². The Kier molecular flexibility index (Phi) is 4.54. The first-order valence-corrected chi connectivity index (χ1v) is 7.01. The fourth-order valence-electron chi connectivity index (χ4n) is 2.16. The topological polar surface area (TPSA) is 9.23 Å². The van der Waals surface area contributed by atoms with Gasteiger partial charge in [-0.2, -0.15) is 0 Å². The first-order valence-electron chi connectivity index (χ1n) is 5.84. The van der Waals surface area contributed by atoms with E-state index in [0.29, 0.717) is 5.02 Å². The fourth-order valence-corrected chi connectivity index (χ4v) is 2.70. The Bertz CT molecular complexity index is 348. The van der Waals surface area contributed by atoms with Crippen molar-refractivity contribution in [3.05, 3.63) is 27.7 Å². The first kappa shape index (κ1) is 12.3. The number of hydrogen-bond donors (Lipinski definition) is 0. The van der Waals surface area contributed by atoms with Gasteiger partial charge in [-0.15, -0.1) is 0 Å². The quantitative estimate of drug-likeness (QED) is 0.758. The summed E-state index contributed by atoms with van der Waals surface area (Å²) in [4.78, 5) is 0. The lowest BCUT2D eigenvalue weighted by Gasteiger charge is -2.22. The summed E-state index contributed by atoms with van der Waals surface area (Å²) in [5.74, 6) is 1.58. The maximum absolute atomic E-state index is 6.01. The third-order valence-corrected chi connectivity index (χ3v) is 4.48. The van der Waals surface area contributed by atoms with Crippen LogP contribution < -0.4 is 4.74 Å². The minimum Gasteiger partial charge on any atom is -0.492 e. The van der Waals surface area contributed by atoms with Crippen molar-refractivity contribution in [1.82, 2.24) is 0 Å². The molecule has 1 aliphatic carbocycles. The highest BCUT2D eigenvalue weighted by atomic mass is 79.9. The van der Waals surface area contributed by atoms with Crippen LogP contribution in [-0.2, 0) is 0 Å². The highest BCUT2D eigenvalue weighted by Gasteiger charge is 2.14. The second-order valence-electron chi connectivity index (χ2n) is 4.37. The van der Waals surface area contributed by atoms with E-state index in [2.05, 4.69) is 15.9 Å². The molecule has 1 nitrogen and oxygen atoms in total. The van der Waals surface area contributed by atoms with E-state index in [1.165, 1.54) is 32.1 Å². The monoisotopic (exact) mass is 302 g/mol. The molecule has 88 valence electrons. The molecule has 0 aliphatic heterocycles. The molecule has 0 atom stereocenters. The zero-order chi connectivity index (χ0) is 11.4. The lowest BCUT2D eigenvalue weighted by Crippen LogP contribution is -2.15. The normalized spacial score (nSPS) is 17.4. The Morgan fingerprint density at radius 3 is 2.75 bits per heavy atom. The Hall–Kier alpha value is -0.210. The second kappa shape index (κ2) is 5.92. The molecule has 16 heavy (non-hydrogen) atoms. The molecule has 1 saturated carbocycles. The van der Waals surface area contributed by atoms with Gasteiger partial charge in [0.15, 0.2) is 0 Å². The highest BCUT2D eigenvalue weighted by Crippen LogP contribution is 2.33. The standard InChI is InChI=1S/C13H16BrClO/c14-13-11(15)7-4-8-12(13)16-9-10-5-2-1-3-6-10/h4,7-8,10H,1-3,5-6,9H2. The van der Waals surface area contributed by atoms with Gasteiger partial charge in [0.05, 0.1) is 16.1 Å². The van der Waals surface area contributed by atoms with Gasteiger partial charge < -0.3 is 4.74 Å². The van der Waals surface area contributed by atoms with Crippen molar-refractivity contribution in [2.24, 2.45) is 5.92 Å². The molecule has 0 bridgehead atoms. The molecule has 0 unspecified atom stereocenters. The molecule has 0 N–H and O–H groups in total. The van der Waals surface area contributed by atoms with E-state index >= 15 is 0 Å². The first-order chi connectivity index (χ1) is 7.77. The van der Waals surface area contributed by atoms with E-state index < -0.39 is 0 Å². The van der Waals surface area contributed by atoms with Crippen molar-refractivity contribution in [3.8, 4) is 5.75 Å². The number of ether oxygens (including phenoxy) is 1. The molecule has 0 saturated heterocycles. The lowest BCUT2D eigenvalue weighted by atomic mass is 9.90. The van der Waals surface area contributed by atoms with Gasteiger partial charge in [-0.05, 0) is 46.8 Å². The van der Waals surface area contributed by atoms with Crippen molar-refractivity contribution in [1.29, 1.82) is 0 Å². The number of hydrogen-bond acceptors (Lipinski definition) is 1. The van der Waals surface area contributed by atoms with E-state index in [4.69, 9.17) is 16.3 Å². The fraction of sp³-hybridized carbons (Fsp3) is 0.538. The van der Waals surface area contributed by atoms with Gasteiger partial charge >= 0.3 is 0 Å². The zero-order valence-corrected chi connectivity index (χ0v) is 11.6. The molecule has 1 fully saturated rings. The molecule has 1 aromatic rings. The van der Waals surface area contributed by atoms with Gasteiger partial charge in [-0.25, -0.2) is 0 Å².